The summed E-state index contributed by atoms with van der Waals surface area (Å²) in [6.07, 6.45) is 17.8. The number of fused-ring (bicyclic) bond motifs is 5. The first-order valence-electron chi connectivity index (χ1n) is 18.0. The average molecular weight is 586 g/mol. The highest BCUT2D eigenvalue weighted by Gasteiger charge is 2.67. The van der Waals surface area contributed by atoms with E-state index >= 15 is 0 Å². The van der Waals surface area contributed by atoms with Crippen LogP contribution in [0, 0.1) is 34.5 Å². The minimum absolute atomic E-state index is 0.0332. The molecule has 0 aromatic heterocycles. The summed E-state index contributed by atoms with van der Waals surface area (Å²) in [5.41, 5.74) is 0.372. The Bertz CT molecular complexity index is 987. The van der Waals surface area contributed by atoms with E-state index in [0.29, 0.717) is 41.7 Å². The molecule has 2 aliphatic heterocycles. The normalized spacial score (nSPS) is 45.3. The molecule has 0 aromatic rings. The van der Waals surface area contributed by atoms with Gasteiger partial charge in [-0.3, -0.25) is 14.5 Å². The van der Waals surface area contributed by atoms with Gasteiger partial charge in [0, 0.05) is 31.2 Å². The maximum absolute atomic E-state index is 13.1. The van der Waals surface area contributed by atoms with Crippen LogP contribution in [0.5, 0.6) is 0 Å². The van der Waals surface area contributed by atoms with Crippen LogP contribution in [-0.4, -0.2) is 78.8 Å². The molecule has 6 aliphatic rings. The van der Waals surface area contributed by atoms with E-state index in [0.717, 1.165) is 36.3 Å². The summed E-state index contributed by atoms with van der Waals surface area (Å²) in [5.74, 6) is 2.62. The van der Waals surface area contributed by atoms with Crippen LogP contribution in [0.15, 0.2) is 0 Å². The first-order valence-corrected chi connectivity index (χ1v) is 18.0. The van der Waals surface area contributed by atoms with Crippen LogP contribution in [0.25, 0.3) is 0 Å². The standard InChI is InChI=1S/C36H61N2O4/c1-6-13-33(40)42-34-31(38(5)20-11-7-8-12-21-38)23-29-27-15-14-26-22-32(41-25(2)39)30(37-18-9-10-19-37)24-36(26,4)28(27)16-17-35(29,34)3/h26-32,34H,6-24H2,1-5H3/q+1/t26?,27-,28-,29+,30?,31?,32?,34?,35+,36+/m1/s1. The Morgan fingerprint density at radius 1 is 0.881 bits per heavy atom. The van der Waals surface area contributed by atoms with Crippen LogP contribution in [0.2, 0.25) is 0 Å². The van der Waals surface area contributed by atoms with Crippen molar-refractivity contribution < 1.29 is 23.5 Å². The van der Waals surface area contributed by atoms with Gasteiger partial charge < -0.3 is 14.0 Å². The average Bonchev–Trinajstić information content (AvgIpc) is 3.51. The molecule has 0 spiro atoms. The molecule has 6 nitrogen and oxygen atoms in total. The van der Waals surface area contributed by atoms with Crippen molar-refractivity contribution in [3.63, 3.8) is 0 Å². The van der Waals surface area contributed by atoms with Gasteiger partial charge in [-0.2, -0.15) is 0 Å². The molecule has 238 valence electrons. The Morgan fingerprint density at radius 2 is 1.60 bits per heavy atom. The highest BCUT2D eigenvalue weighted by molar-refractivity contribution is 5.69. The lowest BCUT2D eigenvalue weighted by Crippen LogP contribution is -2.60. The molecular weight excluding hydrogens is 524 g/mol. The number of nitrogens with zero attached hydrogens (tertiary/aromatic N) is 2. The number of esters is 2. The molecule has 0 amide bonds. The number of likely N-dealkylation sites (N-methyl/N-ethyl adjacent to an activating group) is 1. The number of ether oxygens (including phenoxy) is 2. The molecule has 4 saturated carbocycles. The van der Waals surface area contributed by atoms with Gasteiger partial charge in [-0.15, -0.1) is 0 Å². The van der Waals surface area contributed by atoms with Crippen molar-refractivity contribution in [1.82, 2.24) is 4.90 Å². The number of quaternary nitrogens is 1. The number of carbonyl (C=O) groups is 2. The molecule has 6 rings (SSSR count). The number of likely N-dealkylation sites (tertiary alicyclic amines) is 2. The highest BCUT2D eigenvalue weighted by Crippen LogP contribution is 2.67. The number of carbonyl (C=O) groups excluding carboxylic acids is 2. The number of hydrogen-bond acceptors (Lipinski definition) is 5. The molecule has 0 aromatic carbocycles. The number of hydrogen-bond donors (Lipinski definition) is 0. The molecule has 0 bridgehead atoms. The SMILES string of the molecule is CCCC(=O)OC1C([N+]2(C)CCCCCC2)C[C@H]2[C@@H]3CCC4CC(OC(C)=O)C(N5CCCC5)C[C@]4(C)[C@@H]3CC[C@]12C. The van der Waals surface area contributed by atoms with Gasteiger partial charge in [0.2, 0.25) is 0 Å². The van der Waals surface area contributed by atoms with Crippen LogP contribution in [0.3, 0.4) is 0 Å². The molecule has 4 aliphatic carbocycles. The van der Waals surface area contributed by atoms with Crippen molar-refractivity contribution in [3.8, 4) is 0 Å². The third-order valence-corrected chi connectivity index (χ3v) is 14.1. The molecule has 0 N–H and O–H groups in total. The van der Waals surface area contributed by atoms with Crippen molar-refractivity contribution in [1.29, 1.82) is 0 Å². The van der Waals surface area contributed by atoms with Crippen molar-refractivity contribution in [2.75, 3.05) is 33.2 Å². The van der Waals surface area contributed by atoms with E-state index in [-0.39, 0.29) is 29.6 Å². The summed E-state index contributed by atoms with van der Waals surface area (Å²) in [7, 11) is 2.50. The maximum atomic E-state index is 13.1. The van der Waals surface area contributed by atoms with Gasteiger partial charge in [-0.05, 0) is 126 Å². The zero-order chi connectivity index (χ0) is 29.7. The Hall–Kier alpha value is -1.14. The van der Waals surface area contributed by atoms with Gasteiger partial charge in [0.15, 0.2) is 6.10 Å². The van der Waals surface area contributed by atoms with E-state index in [9.17, 15) is 9.59 Å². The predicted molar refractivity (Wildman–Crippen MR) is 166 cm³/mol. The monoisotopic (exact) mass is 585 g/mol. The molecule has 5 unspecified atom stereocenters. The molecule has 10 atom stereocenters. The van der Waals surface area contributed by atoms with E-state index in [1.807, 2.05) is 0 Å². The largest absolute Gasteiger partial charge is 0.461 e. The van der Waals surface area contributed by atoms with E-state index in [2.05, 4.69) is 32.7 Å². The lowest BCUT2D eigenvalue weighted by Gasteiger charge is -2.62. The van der Waals surface area contributed by atoms with Gasteiger partial charge >= 0.3 is 11.9 Å². The highest BCUT2D eigenvalue weighted by atomic mass is 16.5. The van der Waals surface area contributed by atoms with E-state index < -0.39 is 0 Å². The lowest BCUT2D eigenvalue weighted by atomic mass is 9.44. The minimum Gasteiger partial charge on any atom is -0.461 e. The van der Waals surface area contributed by atoms with Crippen molar-refractivity contribution >= 4 is 11.9 Å². The minimum atomic E-state index is -0.110. The third kappa shape index (κ3) is 5.37. The predicted octanol–water partition coefficient (Wildman–Crippen LogP) is 6.75. The lowest BCUT2D eigenvalue weighted by molar-refractivity contribution is -0.935. The Morgan fingerprint density at radius 3 is 2.26 bits per heavy atom. The molecule has 42 heavy (non-hydrogen) atoms. The zero-order valence-electron chi connectivity index (χ0n) is 27.6. The van der Waals surface area contributed by atoms with Crippen molar-refractivity contribution in [3.05, 3.63) is 0 Å². The summed E-state index contributed by atoms with van der Waals surface area (Å²) >= 11 is 0. The van der Waals surface area contributed by atoms with Gasteiger partial charge in [0.25, 0.3) is 0 Å². The van der Waals surface area contributed by atoms with Crippen LogP contribution >= 0.6 is 0 Å². The number of rotatable bonds is 6. The van der Waals surface area contributed by atoms with E-state index in [4.69, 9.17) is 9.47 Å². The molecular formula is C36H61N2O4+. The van der Waals surface area contributed by atoms with Gasteiger partial charge in [0.1, 0.15) is 12.1 Å². The molecule has 2 saturated heterocycles. The Balaban J connectivity index is 1.29. The van der Waals surface area contributed by atoms with Crippen LogP contribution in [-0.2, 0) is 19.1 Å². The zero-order valence-corrected chi connectivity index (χ0v) is 27.6. The van der Waals surface area contributed by atoms with Crippen molar-refractivity contribution in [2.45, 2.75) is 148 Å². The van der Waals surface area contributed by atoms with Crippen LogP contribution in [0.1, 0.15) is 124 Å². The fraction of sp³-hybridized carbons (Fsp3) is 0.944. The van der Waals surface area contributed by atoms with Gasteiger partial charge in [-0.25, -0.2) is 0 Å². The topological polar surface area (TPSA) is 55.8 Å². The van der Waals surface area contributed by atoms with Crippen LogP contribution in [0.4, 0.5) is 0 Å². The molecule has 0 radical (unpaired) electrons. The second-order valence-corrected chi connectivity index (χ2v) is 16.4. The maximum Gasteiger partial charge on any atom is 0.306 e. The third-order valence-electron chi connectivity index (χ3n) is 14.1. The summed E-state index contributed by atoms with van der Waals surface area (Å²) in [5, 5.41) is 0. The fourth-order valence-electron chi connectivity index (χ4n) is 11.9. The summed E-state index contributed by atoms with van der Waals surface area (Å²) in [4.78, 5) is 28.0. The first kappa shape index (κ1) is 30.9. The second-order valence-electron chi connectivity index (χ2n) is 16.4. The molecule has 6 fully saturated rings. The van der Waals surface area contributed by atoms with Crippen molar-refractivity contribution in [2.24, 2.45) is 34.5 Å². The molecule has 6 heteroatoms. The Kier molecular flexibility index (Phi) is 8.81. The van der Waals surface area contributed by atoms with Gasteiger partial charge in [0.05, 0.1) is 20.1 Å². The smallest absolute Gasteiger partial charge is 0.306 e. The quantitative estimate of drug-likeness (QED) is 0.255. The van der Waals surface area contributed by atoms with E-state index in [1.54, 1.807) is 6.92 Å². The first-order chi connectivity index (χ1) is 20.1. The second kappa shape index (κ2) is 12.0. The van der Waals surface area contributed by atoms with E-state index in [1.165, 1.54) is 90.1 Å². The summed E-state index contributed by atoms with van der Waals surface area (Å²) in [6, 6.07) is 0.797. The molecule has 2 heterocycles. The van der Waals surface area contributed by atoms with Gasteiger partial charge in [-0.1, -0.05) is 20.8 Å². The summed E-state index contributed by atoms with van der Waals surface area (Å²) < 4.78 is 13.8. The summed E-state index contributed by atoms with van der Waals surface area (Å²) in [6.45, 7) is 13.6. The Labute approximate surface area is 256 Å². The fourth-order valence-corrected chi connectivity index (χ4v) is 11.9. The van der Waals surface area contributed by atoms with Crippen LogP contribution < -0.4 is 0 Å².